The molecule has 2 aliphatic heterocycles. The lowest BCUT2D eigenvalue weighted by Gasteiger charge is -2.42. The van der Waals surface area contributed by atoms with Crippen molar-refractivity contribution in [3.63, 3.8) is 0 Å². The zero-order valence-corrected chi connectivity index (χ0v) is 14.6. The quantitative estimate of drug-likeness (QED) is 0.866. The number of rotatable bonds is 6. The topological polar surface area (TPSA) is 35.9 Å². The number of hydrogen-bond donors (Lipinski definition) is 1. The van der Waals surface area contributed by atoms with Crippen molar-refractivity contribution in [2.45, 2.75) is 32.2 Å². The minimum absolute atomic E-state index is 0.0216. The van der Waals surface area contributed by atoms with Crippen molar-refractivity contribution in [1.29, 1.82) is 0 Å². The Kier molecular flexibility index (Phi) is 5.74. The summed E-state index contributed by atoms with van der Waals surface area (Å²) in [5.74, 6) is 0.522. The summed E-state index contributed by atoms with van der Waals surface area (Å²) in [4.78, 5) is 4.78. The first-order chi connectivity index (χ1) is 11.6. The highest BCUT2D eigenvalue weighted by Crippen LogP contribution is 2.34. The van der Waals surface area contributed by atoms with Crippen LogP contribution in [0.5, 0.6) is 5.75 Å². The second-order valence-corrected chi connectivity index (χ2v) is 7.37. The number of hydrogen-bond acceptors (Lipinski definition) is 4. The highest BCUT2D eigenvalue weighted by atomic mass is 19.1. The van der Waals surface area contributed by atoms with E-state index in [1.54, 1.807) is 19.2 Å². The largest absolute Gasteiger partial charge is 0.497 e. The van der Waals surface area contributed by atoms with Crippen LogP contribution >= 0.6 is 0 Å². The van der Waals surface area contributed by atoms with Crippen LogP contribution in [0.4, 0.5) is 4.39 Å². The van der Waals surface area contributed by atoms with Gasteiger partial charge in [0.15, 0.2) is 0 Å². The van der Waals surface area contributed by atoms with Crippen LogP contribution in [0.1, 0.15) is 31.2 Å². The molecule has 2 fully saturated rings. The molecule has 4 nitrogen and oxygen atoms in total. The van der Waals surface area contributed by atoms with Crippen LogP contribution in [0, 0.1) is 11.2 Å². The summed E-state index contributed by atoms with van der Waals surface area (Å²) < 4.78 is 19.2. The van der Waals surface area contributed by atoms with Gasteiger partial charge in [0.05, 0.1) is 13.7 Å². The third-order valence-electron chi connectivity index (χ3n) is 5.66. The Morgan fingerprint density at radius 1 is 1.12 bits per heavy atom. The van der Waals surface area contributed by atoms with E-state index < -0.39 is 0 Å². The second kappa shape index (κ2) is 7.81. The van der Waals surface area contributed by atoms with Crippen molar-refractivity contribution in [3.8, 4) is 5.75 Å². The summed E-state index contributed by atoms with van der Waals surface area (Å²) in [5, 5.41) is 9.97. The van der Waals surface area contributed by atoms with Crippen molar-refractivity contribution < 1.29 is 14.2 Å². The fourth-order valence-electron chi connectivity index (χ4n) is 4.01. The van der Waals surface area contributed by atoms with Crippen LogP contribution in [0.3, 0.4) is 0 Å². The smallest absolute Gasteiger partial charge is 0.127 e. The van der Waals surface area contributed by atoms with E-state index in [4.69, 9.17) is 4.74 Å². The first-order valence-electron chi connectivity index (χ1n) is 9.02. The molecule has 0 aliphatic carbocycles. The Morgan fingerprint density at radius 3 is 2.46 bits per heavy atom. The number of ether oxygens (including phenoxy) is 1. The molecular weight excluding hydrogens is 307 g/mol. The van der Waals surface area contributed by atoms with Gasteiger partial charge in [0, 0.05) is 24.1 Å². The van der Waals surface area contributed by atoms with Gasteiger partial charge in [0.1, 0.15) is 11.6 Å². The predicted octanol–water partition coefficient (Wildman–Crippen LogP) is 2.50. The number of aliphatic hydroxyl groups is 1. The summed E-state index contributed by atoms with van der Waals surface area (Å²) in [6.07, 6.45) is 4.52. The van der Waals surface area contributed by atoms with Gasteiger partial charge >= 0.3 is 0 Å². The minimum Gasteiger partial charge on any atom is -0.497 e. The molecule has 3 rings (SSSR count). The molecule has 24 heavy (non-hydrogen) atoms. The summed E-state index contributed by atoms with van der Waals surface area (Å²) in [6.45, 7) is 6.01. The standard InChI is InChI=1S/C19H29FN2O2/c1-24-17-4-5-18(20)16(12-17)13-21-10-6-19(15-23,7-11-21)14-22-8-2-3-9-22/h4-5,12,23H,2-3,6-11,13-15H2,1H3. The van der Waals surface area contributed by atoms with Gasteiger partial charge in [-0.1, -0.05) is 0 Å². The summed E-state index contributed by atoms with van der Waals surface area (Å²) in [6, 6.07) is 4.92. The fourth-order valence-corrected chi connectivity index (χ4v) is 4.01. The van der Waals surface area contributed by atoms with Crippen molar-refractivity contribution in [2.24, 2.45) is 5.41 Å². The zero-order chi connectivity index (χ0) is 17.0. The number of methoxy groups -OCH3 is 1. The molecule has 5 heteroatoms. The van der Waals surface area contributed by atoms with Gasteiger partial charge in [-0.25, -0.2) is 4.39 Å². The van der Waals surface area contributed by atoms with Gasteiger partial charge in [-0.2, -0.15) is 0 Å². The average Bonchev–Trinajstić information content (AvgIpc) is 3.11. The van der Waals surface area contributed by atoms with Crippen molar-refractivity contribution in [2.75, 3.05) is 46.4 Å². The molecule has 2 saturated heterocycles. The van der Waals surface area contributed by atoms with E-state index >= 15 is 0 Å². The lowest BCUT2D eigenvalue weighted by atomic mass is 9.78. The molecule has 0 spiro atoms. The number of piperidine rings is 1. The van der Waals surface area contributed by atoms with Crippen LogP contribution in [-0.2, 0) is 6.54 Å². The Bertz CT molecular complexity index is 538. The molecule has 134 valence electrons. The van der Waals surface area contributed by atoms with E-state index in [0.717, 1.165) is 32.5 Å². The van der Waals surface area contributed by atoms with E-state index in [1.807, 2.05) is 0 Å². The van der Waals surface area contributed by atoms with E-state index in [1.165, 1.54) is 32.0 Å². The summed E-state index contributed by atoms with van der Waals surface area (Å²) in [5.41, 5.74) is 0.707. The van der Waals surface area contributed by atoms with Gasteiger partial charge in [0.25, 0.3) is 0 Å². The van der Waals surface area contributed by atoms with E-state index in [0.29, 0.717) is 17.9 Å². The van der Waals surface area contributed by atoms with Crippen molar-refractivity contribution >= 4 is 0 Å². The van der Waals surface area contributed by atoms with Crippen LogP contribution < -0.4 is 4.74 Å². The molecule has 1 aromatic rings. The number of aliphatic hydroxyl groups excluding tert-OH is 1. The molecule has 2 heterocycles. The van der Waals surface area contributed by atoms with Crippen LogP contribution in [0.25, 0.3) is 0 Å². The Morgan fingerprint density at radius 2 is 1.83 bits per heavy atom. The number of nitrogens with zero attached hydrogens (tertiary/aromatic N) is 2. The Hall–Kier alpha value is -1.17. The maximum atomic E-state index is 14.0. The fraction of sp³-hybridized carbons (Fsp3) is 0.684. The lowest BCUT2D eigenvalue weighted by molar-refractivity contribution is 0.0162. The molecule has 0 bridgehead atoms. The lowest BCUT2D eigenvalue weighted by Crippen LogP contribution is -2.47. The van der Waals surface area contributed by atoms with Gasteiger partial charge in [-0.3, -0.25) is 4.90 Å². The Balaban J connectivity index is 1.57. The van der Waals surface area contributed by atoms with Gasteiger partial charge in [0.2, 0.25) is 0 Å². The summed E-state index contributed by atoms with van der Waals surface area (Å²) >= 11 is 0. The highest BCUT2D eigenvalue weighted by Gasteiger charge is 2.36. The number of halogens is 1. The molecule has 1 N–H and O–H groups in total. The molecule has 0 saturated carbocycles. The molecule has 0 aromatic heterocycles. The maximum absolute atomic E-state index is 14.0. The first kappa shape index (κ1) is 17.6. The monoisotopic (exact) mass is 336 g/mol. The second-order valence-electron chi connectivity index (χ2n) is 7.37. The molecular formula is C19H29FN2O2. The molecule has 0 atom stereocenters. The molecule has 0 radical (unpaired) electrons. The predicted molar refractivity (Wildman–Crippen MR) is 92.7 cm³/mol. The van der Waals surface area contributed by atoms with Crippen LogP contribution in [0.15, 0.2) is 18.2 Å². The van der Waals surface area contributed by atoms with Crippen LogP contribution in [-0.4, -0.2) is 61.3 Å². The summed E-state index contributed by atoms with van der Waals surface area (Å²) in [7, 11) is 1.60. The molecule has 2 aliphatic rings. The van der Waals surface area contributed by atoms with Crippen LogP contribution in [0.2, 0.25) is 0 Å². The zero-order valence-electron chi connectivity index (χ0n) is 14.6. The average molecular weight is 336 g/mol. The molecule has 0 amide bonds. The van der Waals surface area contributed by atoms with Gasteiger partial charge in [-0.15, -0.1) is 0 Å². The first-order valence-corrected chi connectivity index (χ1v) is 9.02. The maximum Gasteiger partial charge on any atom is 0.127 e. The van der Waals surface area contributed by atoms with E-state index in [9.17, 15) is 9.50 Å². The number of benzene rings is 1. The van der Waals surface area contributed by atoms with E-state index in [2.05, 4.69) is 9.80 Å². The Labute approximate surface area is 144 Å². The normalized spacial score (nSPS) is 22.0. The third-order valence-corrected chi connectivity index (χ3v) is 5.66. The highest BCUT2D eigenvalue weighted by molar-refractivity contribution is 5.29. The van der Waals surface area contributed by atoms with Gasteiger partial charge in [-0.05, 0) is 70.1 Å². The molecule has 1 aromatic carbocycles. The van der Waals surface area contributed by atoms with E-state index in [-0.39, 0.29) is 17.8 Å². The third kappa shape index (κ3) is 4.08. The van der Waals surface area contributed by atoms with Crippen molar-refractivity contribution in [3.05, 3.63) is 29.6 Å². The number of likely N-dealkylation sites (tertiary alicyclic amines) is 2. The molecule has 0 unspecified atom stereocenters. The van der Waals surface area contributed by atoms with Gasteiger partial charge < -0.3 is 14.7 Å². The van der Waals surface area contributed by atoms with Crippen molar-refractivity contribution in [1.82, 2.24) is 9.80 Å². The SMILES string of the molecule is COc1ccc(F)c(CN2CCC(CO)(CN3CCCC3)CC2)c1. The minimum atomic E-state index is -0.174.